The Morgan fingerprint density at radius 1 is 1.10 bits per heavy atom. The number of nitrogens with zero attached hydrogens (tertiary/aromatic N) is 2. The molecular weight excluding hydrogens is 278 g/mol. The van der Waals surface area contributed by atoms with Crippen LogP contribution in [0.25, 0.3) is 0 Å². The lowest BCUT2D eigenvalue weighted by molar-refractivity contribution is 0.687. The molecule has 0 unspecified atom stereocenters. The maximum absolute atomic E-state index is 4.22. The van der Waals surface area contributed by atoms with Crippen molar-refractivity contribution < 1.29 is 0 Å². The van der Waals surface area contributed by atoms with Gasteiger partial charge in [0.2, 0.25) is 0 Å². The molecule has 0 saturated heterocycles. The van der Waals surface area contributed by atoms with E-state index >= 15 is 0 Å². The van der Waals surface area contributed by atoms with E-state index in [-0.39, 0.29) is 0 Å². The van der Waals surface area contributed by atoms with Crippen LogP contribution in [0.2, 0.25) is 0 Å². The van der Waals surface area contributed by atoms with Gasteiger partial charge >= 0.3 is 0 Å². The summed E-state index contributed by atoms with van der Waals surface area (Å²) < 4.78 is 1.93. The fraction of sp³-hybridized carbons (Fsp3) is 0.235. The first kappa shape index (κ1) is 13.9. The SMILES string of the molecule is CCc1ccc(CNc2ccc(Cn3cccn3)cc2)s1. The number of hydrogen-bond acceptors (Lipinski definition) is 3. The molecule has 3 aromatic rings. The minimum atomic E-state index is 0.818. The van der Waals surface area contributed by atoms with E-state index in [1.165, 1.54) is 15.3 Å². The number of rotatable bonds is 6. The number of anilines is 1. The summed E-state index contributed by atoms with van der Waals surface area (Å²) in [5.41, 5.74) is 2.42. The lowest BCUT2D eigenvalue weighted by Gasteiger charge is -2.07. The monoisotopic (exact) mass is 297 g/mol. The van der Waals surface area contributed by atoms with Crippen molar-refractivity contribution in [3.63, 3.8) is 0 Å². The minimum Gasteiger partial charge on any atom is -0.380 e. The third kappa shape index (κ3) is 3.73. The summed E-state index contributed by atoms with van der Waals surface area (Å²) >= 11 is 1.88. The van der Waals surface area contributed by atoms with Gasteiger partial charge in [-0.25, -0.2) is 0 Å². The predicted octanol–water partition coefficient (Wildman–Crippen LogP) is 4.17. The lowest BCUT2D eigenvalue weighted by Crippen LogP contribution is -2.01. The molecule has 3 nitrogen and oxygen atoms in total. The van der Waals surface area contributed by atoms with Gasteiger partial charge in [0.25, 0.3) is 0 Å². The Balaban J connectivity index is 1.56. The fourth-order valence-electron chi connectivity index (χ4n) is 2.21. The molecular formula is C17H19N3S. The third-order valence-electron chi connectivity index (χ3n) is 3.39. The molecule has 0 spiro atoms. The summed E-state index contributed by atoms with van der Waals surface area (Å²) in [5, 5.41) is 7.70. The Morgan fingerprint density at radius 2 is 1.90 bits per heavy atom. The summed E-state index contributed by atoms with van der Waals surface area (Å²) in [6, 6.07) is 14.9. The van der Waals surface area contributed by atoms with Crippen molar-refractivity contribution in [2.24, 2.45) is 0 Å². The Morgan fingerprint density at radius 3 is 2.57 bits per heavy atom. The molecule has 0 bridgehead atoms. The number of aromatic nitrogens is 2. The van der Waals surface area contributed by atoms with Gasteiger partial charge in [-0.3, -0.25) is 4.68 Å². The van der Waals surface area contributed by atoms with Crippen LogP contribution in [0.3, 0.4) is 0 Å². The van der Waals surface area contributed by atoms with E-state index in [0.29, 0.717) is 0 Å². The summed E-state index contributed by atoms with van der Waals surface area (Å²) in [6.45, 7) is 3.91. The maximum atomic E-state index is 4.22. The zero-order valence-corrected chi connectivity index (χ0v) is 12.9. The van der Waals surface area contributed by atoms with Gasteiger partial charge in [-0.05, 0) is 42.3 Å². The molecule has 0 aliphatic heterocycles. The van der Waals surface area contributed by atoms with Gasteiger partial charge < -0.3 is 5.32 Å². The molecule has 3 rings (SSSR count). The highest BCUT2D eigenvalue weighted by molar-refractivity contribution is 7.12. The van der Waals surface area contributed by atoms with Gasteiger partial charge in [-0.1, -0.05) is 19.1 Å². The van der Waals surface area contributed by atoms with Gasteiger partial charge in [0, 0.05) is 34.4 Å². The van der Waals surface area contributed by atoms with E-state index < -0.39 is 0 Å². The van der Waals surface area contributed by atoms with Crippen LogP contribution in [0.5, 0.6) is 0 Å². The quantitative estimate of drug-likeness (QED) is 0.740. The molecule has 0 aliphatic rings. The van der Waals surface area contributed by atoms with E-state index in [4.69, 9.17) is 0 Å². The maximum Gasteiger partial charge on any atom is 0.0659 e. The van der Waals surface area contributed by atoms with Crippen molar-refractivity contribution in [1.82, 2.24) is 9.78 Å². The van der Waals surface area contributed by atoms with Crippen molar-refractivity contribution in [3.05, 3.63) is 70.2 Å². The Bertz CT molecular complexity index is 668. The zero-order valence-electron chi connectivity index (χ0n) is 12.1. The summed E-state index contributed by atoms with van der Waals surface area (Å²) in [5.74, 6) is 0. The number of aryl methyl sites for hydroxylation is 1. The van der Waals surface area contributed by atoms with Gasteiger partial charge in [0.15, 0.2) is 0 Å². The van der Waals surface area contributed by atoms with Crippen LogP contribution >= 0.6 is 11.3 Å². The molecule has 0 atom stereocenters. The van der Waals surface area contributed by atoms with Crippen LogP contribution in [0.15, 0.2) is 54.9 Å². The number of hydrogen-bond donors (Lipinski definition) is 1. The third-order valence-corrected chi connectivity index (χ3v) is 4.62. The van der Waals surface area contributed by atoms with Crippen LogP contribution in [0.4, 0.5) is 5.69 Å². The van der Waals surface area contributed by atoms with Crippen LogP contribution in [0.1, 0.15) is 22.2 Å². The largest absolute Gasteiger partial charge is 0.380 e. The molecule has 2 heterocycles. The summed E-state index contributed by atoms with van der Waals surface area (Å²) in [4.78, 5) is 2.83. The van der Waals surface area contributed by atoms with Crippen LogP contribution in [0, 0.1) is 0 Å². The van der Waals surface area contributed by atoms with Gasteiger partial charge in [0.05, 0.1) is 6.54 Å². The van der Waals surface area contributed by atoms with Crippen molar-refractivity contribution in [3.8, 4) is 0 Å². The van der Waals surface area contributed by atoms with Gasteiger partial charge in [-0.2, -0.15) is 5.10 Å². The van der Waals surface area contributed by atoms with Crippen LogP contribution < -0.4 is 5.32 Å². The van der Waals surface area contributed by atoms with E-state index in [1.807, 2.05) is 34.5 Å². The van der Waals surface area contributed by atoms with E-state index in [2.05, 4.69) is 53.7 Å². The zero-order chi connectivity index (χ0) is 14.5. The molecule has 108 valence electrons. The second kappa shape index (κ2) is 6.59. The second-order valence-corrected chi connectivity index (χ2v) is 6.23. The molecule has 0 fully saturated rings. The number of nitrogens with one attached hydrogen (secondary N) is 1. The highest BCUT2D eigenvalue weighted by Gasteiger charge is 2.00. The highest BCUT2D eigenvalue weighted by Crippen LogP contribution is 2.19. The van der Waals surface area contributed by atoms with E-state index in [9.17, 15) is 0 Å². The van der Waals surface area contributed by atoms with E-state index in [1.54, 1.807) is 0 Å². The topological polar surface area (TPSA) is 29.9 Å². The van der Waals surface area contributed by atoms with Crippen molar-refractivity contribution in [2.45, 2.75) is 26.4 Å². The Kier molecular flexibility index (Phi) is 4.36. The number of benzene rings is 1. The molecule has 4 heteroatoms. The smallest absolute Gasteiger partial charge is 0.0659 e. The second-order valence-electron chi connectivity index (χ2n) is 4.98. The predicted molar refractivity (Wildman–Crippen MR) is 88.8 cm³/mol. The average molecular weight is 297 g/mol. The molecule has 0 radical (unpaired) electrons. The van der Waals surface area contributed by atoms with Gasteiger partial charge in [-0.15, -0.1) is 11.3 Å². The fourth-order valence-corrected chi connectivity index (χ4v) is 3.10. The Hall–Kier alpha value is -2.07. The normalized spacial score (nSPS) is 10.7. The van der Waals surface area contributed by atoms with Crippen LogP contribution in [-0.4, -0.2) is 9.78 Å². The molecule has 1 aromatic carbocycles. The summed E-state index contributed by atoms with van der Waals surface area (Å²) in [6.07, 6.45) is 4.91. The molecule has 0 saturated carbocycles. The van der Waals surface area contributed by atoms with Crippen molar-refractivity contribution >= 4 is 17.0 Å². The Labute approximate surface area is 129 Å². The molecule has 2 aromatic heterocycles. The van der Waals surface area contributed by atoms with Crippen LogP contribution in [-0.2, 0) is 19.5 Å². The van der Waals surface area contributed by atoms with Gasteiger partial charge in [0.1, 0.15) is 0 Å². The first-order valence-electron chi connectivity index (χ1n) is 7.21. The number of thiophene rings is 1. The first-order valence-corrected chi connectivity index (χ1v) is 8.03. The molecule has 21 heavy (non-hydrogen) atoms. The first-order chi connectivity index (χ1) is 10.3. The highest BCUT2D eigenvalue weighted by atomic mass is 32.1. The lowest BCUT2D eigenvalue weighted by atomic mass is 10.2. The standard InChI is InChI=1S/C17H19N3S/c1-2-16-8-9-17(21-16)12-18-15-6-4-14(5-7-15)13-20-11-3-10-19-20/h3-11,18H,2,12-13H2,1H3. The minimum absolute atomic E-state index is 0.818. The van der Waals surface area contributed by atoms with Crippen molar-refractivity contribution in [1.29, 1.82) is 0 Å². The molecule has 0 amide bonds. The molecule has 0 aliphatic carbocycles. The summed E-state index contributed by atoms with van der Waals surface area (Å²) in [7, 11) is 0. The van der Waals surface area contributed by atoms with E-state index in [0.717, 1.165) is 25.2 Å². The van der Waals surface area contributed by atoms with Crippen molar-refractivity contribution in [2.75, 3.05) is 5.32 Å². The average Bonchev–Trinajstić information content (AvgIpc) is 3.18. The molecule has 1 N–H and O–H groups in total.